The summed E-state index contributed by atoms with van der Waals surface area (Å²) in [5.41, 5.74) is 2.57. The van der Waals surface area contributed by atoms with Crippen LogP contribution in [0.3, 0.4) is 0 Å². The highest BCUT2D eigenvalue weighted by Gasteiger charge is 2.16. The first-order chi connectivity index (χ1) is 9.16. The minimum Gasteiger partial charge on any atom is -0.476 e. The molecule has 1 aliphatic heterocycles. The minimum atomic E-state index is -1.19. The monoisotopic (exact) mass is 266 g/mol. The highest BCUT2D eigenvalue weighted by Crippen LogP contribution is 2.11. The lowest BCUT2D eigenvalue weighted by molar-refractivity contribution is 0.0207. The van der Waals surface area contributed by atoms with E-state index in [1.54, 1.807) is 11.1 Å². The van der Waals surface area contributed by atoms with Crippen molar-refractivity contribution in [3.8, 4) is 0 Å². The van der Waals surface area contributed by atoms with Gasteiger partial charge in [-0.25, -0.2) is 19.6 Å². The van der Waals surface area contributed by atoms with Crippen molar-refractivity contribution in [1.29, 1.82) is 0 Å². The highest BCUT2D eigenvalue weighted by molar-refractivity contribution is 5.98. The fraction of sp³-hybridized carbons (Fsp3) is 0.364. The van der Waals surface area contributed by atoms with Crippen LogP contribution in [0.4, 0.5) is 10.5 Å². The molecule has 1 saturated heterocycles. The Balaban J connectivity index is 1.96. The van der Waals surface area contributed by atoms with Gasteiger partial charge < -0.3 is 15.2 Å². The number of carbonyl (C=O) groups is 2. The van der Waals surface area contributed by atoms with E-state index < -0.39 is 12.0 Å². The van der Waals surface area contributed by atoms with E-state index in [0.717, 1.165) is 0 Å². The first kappa shape index (κ1) is 13.2. The number of urea groups is 1. The molecule has 8 nitrogen and oxygen atoms in total. The third-order valence-electron chi connectivity index (χ3n) is 2.53. The number of carboxylic acid groups (broad SMARTS) is 1. The maximum atomic E-state index is 11.7. The summed E-state index contributed by atoms with van der Waals surface area (Å²) in [4.78, 5) is 26.4. The summed E-state index contributed by atoms with van der Waals surface area (Å²) < 4.78 is 5.15. The number of aromatic nitrogens is 1. The van der Waals surface area contributed by atoms with Gasteiger partial charge in [0, 0.05) is 19.3 Å². The molecule has 8 heteroatoms. The number of pyridine rings is 1. The molecule has 0 bridgehead atoms. The third-order valence-corrected chi connectivity index (χ3v) is 2.53. The Morgan fingerprint density at radius 2 is 2.11 bits per heavy atom. The number of hydrogen-bond donors (Lipinski definition) is 3. The number of hydrazine groups is 1. The van der Waals surface area contributed by atoms with E-state index in [2.05, 4.69) is 15.7 Å². The molecule has 1 aromatic rings. The minimum absolute atomic E-state index is 0.153. The average molecular weight is 266 g/mol. The Labute approximate surface area is 109 Å². The molecule has 3 N–H and O–H groups in total. The standard InChI is InChI=1S/C11H14N4O4/c16-10(17)9-8(2-1-3-12-9)13-11(18)14-15-4-6-19-7-5-15/h1-3H,4-7H2,(H,16,17)(H2,13,14,18). The Bertz CT molecular complexity index is 474. The molecule has 0 saturated carbocycles. The second kappa shape index (κ2) is 6.12. The zero-order valence-electron chi connectivity index (χ0n) is 10.1. The molecule has 2 heterocycles. The zero-order valence-corrected chi connectivity index (χ0v) is 10.1. The number of amides is 2. The van der Waals surface area contributed by atoms with E-state index in [0.29, 0.717) is 26.3 Å². The Morgan fingerprint density at radius 3 is 2.79 bits per heavy atom. The maximum absolute atomic E-state index is 11.7. The number of rotatable bonds is 3. The molecule has 2 amide bonds. The van der Waals surface area contributed by atoms with E-state index in [9.17, 15) is 9.59 Å². The molecule has 0 atom stereocenters. The van der Waals surface area contributed by atoms with Gasteiger partial charge in [-0.3, -0.25) is 5.43 Å². The van der Waals surface area contributed by atoms with Gasteiger partial charge in [-0.05, 0) is 12.1 Å². The number of nitrogens with one attached hydrogen (secondary N) is 2. The molecule has 2 rings (SSSR count). The van der Waals surface area contributed by atoms with Gasteiger partial charge in [0.2, 0.25) is 0 Å². The third kappa shape index (κ3) is 3.63. The van der Waals surface area contributed by atoms with Gasteiger partial charge in [-0.2, -0.15) is 0 Å². The van der Waals surface area contributed by atoms with Crippen molar-refractivity contribution in [3.63, 3.8) is 0 Å². The van der Waals surface area contributed by atoms with Crippen LogP contribution in [0.2, 0.25) is 0 Å². The first-order valence-electron chi connectivity index (χ1n) is 5.75. The SMILES string of the molecule is O=C(Nc1cccnc1C(=O)O)NN1CCOCC1. The predicted molar refractivity (Wildman–Crippen MR) is 65.7 cm³/mol. The number of nitrogens with zero attached hydrogens (tertiary/aromatic N) is 2. The average Bonchev–Trinajstić information content (AvgIpc) is 2.40. The Hall–Kier alpha value is -2.19. The van der Waals surface area contributed by atoms with E-state index in [1.807, 2.05) is 0 Å². The lowest BCUT2D eigenvalue weighted by Crippen LogP contribution is -2.49. The van der Waals surface area contributed by atoms with Crippen LogP contribution in [0.15, 0.2) is 18.3 Å². The molecule has 1 aromatic heterocycles. The normalized spacial score (nSPS) is 15.8. The molecular weight excluding hydrogens is 252 g/mol. The van der Waals surface area contributed by atoms with Crippen LogP contribution in [0, 0.1) is 0 Å². The predicted octanol–water partition coefficient (Wildman–Crippen LogP) is 0.148. The number of carbonyl (C=O) groups excluding carboxylic acids is 1. The van der Waals surface area contributed by atoms with E-state index in [4.69, 9.17) is 9.84 Å². The Morgan fingerprint density at radius 1 is 1.37 bits per heavy atom. The van der Waals surface area contributed by atoms with Crippen LogP contribution in [-0.4, -0.2) is 53.4 Å². The molecule has 0 spiro atoms. The molecule has 0 radical (unpaired) electrons. The van der Waals surface area contributed by atoms with Crippen LogP contribution in [0.5, 0.6) is 0 Å². The zero-order chi connectivity index (χ0) is 13.7. The molecule has 0 aromatic carbocycles. The number of aromatic carboxylic acids is 1. The quantitative estimate of drug-likeness (QED) is 0.719. The molecule has 19 heavy (non-hydrogen) atoms. The van der Waals surface area contributed by atoms with Crippen molar-refractivity contribution in [1.82, 2.24) is 15.4 Å². The lowest BCUT2D eigenvalue weighted by Gasteiger charge is -2.26. The molecule has 1 fully saturated rings. The van der Waals surface area contributed by atoms with Crippen molar-refractivity contribution >= 4 is 17.7 Å². The van der Waals surface area contributed by atoms with Crippen LogP contribution in [-0.2, 0) is 4.74 Å². The van der Waals surface area contributed by atoms with Crippen molar-refractivity contribution in [3.05, 3.63) is 24.0 Å². The number of carboxylic acids is 1. The highest BCUT2D eigenvalue weighted by atomic mass is 16.5. The number of anilines is 1. The van der Waals surface area contributed by atoms with Crippen molar-refractivity contribution in [2.24, 2.45) is 0 Å². The lowest BCUT2D eigenvalue weighted by atomic mass is 10.3. The van der Waals surface area contributed by atoms with Crippen LogP contribution in [0.1, 0.15) is 10.5 Å². The second-order valence-corrected chi connectivity index (χ2v) is 3.87. The van der Waals surface area contributed by atoms with E-state index >= 15 is 0 Å². The van der Waals surface area contributed by atoms with Gasteiger partial charge in [-0.15, -0.1) is 0 Å². The van der Waals surface area contributed by atoms with Gasteiger partial charge in [0.25, 0.3) is 0 Å². The van der Waals surface area contributed by atoms with Gasteiger partial charge in [0.1, 0.15) is 0 Å². The van der Waals surface area contributed by atoms with Crippen molar-refractivity contribution in [2.75, 3.05) is 31.6 Å². The maximum Gasteiger partial charge on any atom is 0.356 e. The first-order valence-corrected chi connectivity index (χ1v) is 5.75. The molecule has 1 aliphatic rings. The summed E-state index contributed by atoms with van der Waals surface area (Å²) in [6.45, 7) is 2.28. The largest absolute Gasteiger partial charge is 0.476 e. The molecular formula is C11H14N4O4. The Kier molecular flexibility index (Phi) is 4.26. The summed E-state index contributed by atoms with van der Waals surface area (Å²) in [6, 6.07) is 2.53. The van der Waals surface area contributed by atoms with Gasteiger partial charge in [-0.1, -0.05) is 0 Å². The molecule has 0 aliphatic carbocycles. The van der Waals surface area contributed by atoms with Gasteiger partial charge in [0.05, 0.1) is 18.9 Å². The van der Waals surface area contributed by atoms with Crippen LogP contribution in [0.25, 0.3) is 0 Å². The van der Waals surface area contributed by atoms with Gasteiger partial charge in [0.15, 0.2) is 5.69 Å². The fourth-order valence-corrected chi connectivity index (χ4v) is 1.65. The molecule has 102 valence electrons. The topological polar surface area (TPSA) is 104 Å². The summed E-state index contributed by atoms with van der Waals surface area (Å²) in [6.07, 6.45) is 1.36. The smallest absolute Gasteiger partial charge is 0.356 e. The van der Waals surface area contributed by atoms with Crippen molar-refractivity contribution in [2.45, 2.75) is 0 Å². The number of morpholine rings is 1. The summed E-state index contributed by atoms with van der Waals surface area (Å²) in [5.74, 6) is -1.19. The van der Waals surface area contributed by atoms with Crippen LogP contribution >= 0.6 is 0 Å². The van der Waals surface area contributed by atoms with Crippen molar-refractivity contribution < 1.29 is 19.4 Å². The number of hydrogen-bond acceptors (Lipinski definition) is 5. The fourth-order valence-electron chi connectivity index (χ4n) is 1.65. The summed E-state index contributed by atoms with van der Waals surface area (Å²) in [7, 11) is 0. The van der Waals surface area contributed by atoms with Gasteiger partial charge >= 0.3 is 12.0 Å². The van der Waals surface area contributed by atoms with Crippen LogP contribution < -0.4 is 10.7 Å². The summed E-state index contributed by atoms with van der Waals surface area (Å²) in [5, 5.41) is 13.1. The van der Waals surface area contributed by atoms with E-state index in [-0.39, 0.29) is 11.4 Å². The number of ether oxygens (including phenoxy) is 1. The van der Waals surface area contributed by atoms with E-state index in [1.165, 1.54) is 12.3 Å². The molecule has 0 unspecified atom stereocenters. The second-order valence-electron chi connectivity index (χ2n) is 3.87. The summed E-state index contributed by atoms with van der Waals surface area (Å²) >= 11 is 0.